The minimum absolute atomic E-state index is 0.0104. The Hall–Kier alpha value is -2.57. The average Bonchev–Trinajstić information content (AvgIpc) is 2.46. The molecular formula is C14H12F3N3O. The van der Waals surface area contributed by atoms with Crippen LogP contribution in [0.25, 0.3) is 0 Å². The van der Waals surface area contributed by atoms with Gasteiger partial charge in [-0.2, -0.15) is 13.2 Å². The third kappa shape index (κ3) is 3.13. The minimum atomic E-state index is -4.53. The molecule has 4 nitrogen and oxygen atoms in total. The van der Waals surface area contributed by atoms with E-state index >= 15 is 0 Å². The fraction of sp³-hybridized carbons (Fsp3) is 0.143. The second kappa shape index (κ2) is 5.43. The Labute approximate surface area is 119 Å². The maximum absolute atomic E-state index is 12.7. The summed E-state index contributed by atoms with van der Waals surface area (Å²) in [6.07, 6.45) is -1.57. The van der Waals surface area contributed by atoms with Crippen molar-refractivity contribution in [3.63, 3.8) is 0 Å². The van der Waals surface area contributed by atoms with Crippen molar-refractivity contribution >= 4 is 17.3 Å². The fourth-order valence-electron chi connectivity index (χ4n) is 1.77. The van der Waals surface area contributed by atoms with Crippen LogP contribution in [0.1, 0.15) is 15.9 Å². The average molecular weight is 295 g/mol. The molecule has 0 aliphatic carbocycles. The van der Waals surface area contributed by atoms with Crippen molar-refractivity contribution < 1.29 is 18.0 Å². The van der Waals surface area contributed by atoms with Crippen LogP contribution in [0.5, 0.6) is 0 Å². The fourth-order valence-corrected chi connectivity index (χ4v) is 1.77. The van der Waals surface area contributed by atoms with Gasteiger partial charge in [0, 0.05) is 18.9 Å². The number of hydrogen-bond donors (Lipinski definition) is 1. The van der Waals surface area contributed by atoms with Crippen molar-refractivity contribution in [3.05, 3.63) is 53.9 Å². The van der Waals surface area contributed by atoms with Crippen LogP contribution in [0.3, 0.4) is 0 Å². The van der Waals surface area contributed by atoms with Gasteiger partial charge in [-0.1, -0.05) is 0 Å². The molecule has 21 heavy (non-hydrogen) atoms. The van der Waals surface area contributed by atoms with Gasteiger partial charge in [-0.25, -0.2) is 0 Å². The summed E-state index contributed by atoms with van der Waals surface area (Å²) in [6, 6.07) is 5.91. The van der Waals surface area contributed by atoms with E-state index in [2.05, 4.69) is 4.98 Å². The number of nitrogens with zero attached hydrogens (tertiary/aromatic N) is 2. The van der Waals surface area contributed by atoms with Gasteiger partial charge in [0.25, 0.3) is 5.91 Å². The molecule has 0 saturated carbocycles. The third-order valence-electron chi connectivity index (χ3n) is 2.95. The number of alkyl halides is 3. The standard InChI is InChI=1S/C14H12F3N3O/c1-20(10-3-2-6-19-8-10)13(21)11-7-9(14(15,16)17)4-5-12(11)18/h2-8H,18H2,1H3. The Bertz CT molecular complexity index is 656. The number of hydrogen-bond acceptors (Lipinski definition) is 3. The molecule has 0 saturated heterocycles. The topological polar surface area (TPSA) is 59.2 Å². The van der Waals surface area contributed by atoms with E-state index in [1.807, 2.05) is 0 Å². The number of halogens is 3. The number of carbonyl (C=O) groups is 1. The molecule has 2 N–H and O–H groups in total. The van der Waals surface area contributed by atoms with E-state index in [-0.39, 0.29) is 11.3 Å². The van der Waals surface area contributed by atoms with Gasteiger partial charge in [0.15, 0.2) is 0 Å². The van der Waals surface area contributed by atoms with Crippen molar-refractivity contribution in [3.8, 4) is 0 Å². The second-order valence-corrected chi connectivity index (χ2v) is 4.38. The minimum Gasteiger partial charge on any atom is -0.398 e. The number of rotatable bonds is 2. The largest absolute Gasteiger partial charge is 0.416 e. The molecule has 110 valence electrons. The van der Waals surface area contributed by atoms with Gasteiger partial charge in [0.2, 0.25) is 0 Å². The summed E-state index contributed by atoms with van der Waals surface area (Å²) in [6.45, 7) is 0. The van der Waals surface area contributed by atoms with Gasteiger partial charge in [0.05, 0.1) is 23.0 Å². The molecule has 0 radical (unpaired) electrons. The summed E-state index contributed by atoms with van der Waals surface area (Å²) in [5.41, 5.74) is 4.95. The van der Waals surface area contributed by atoms with Crippen molar-refractivity contribution in [2.75, 3.05) is 17.7 Å². The van der Waals surface area contributed by atoms with Crippen molar-refractivity contribution in [2.24, 2.45) is 0 Å². The Morgan fingerprint density at radius 3 is 2.57 bits per heavy atom. The molecule has 0 aliphatic rings. The Kier molecular flexibility index (Phi) is 3.84. The van der Waals surface area contributed by atoms with E-state index in [1.54, 1.807) is 12.1 Å². The van der Waals surface area contributed by atoms with Gasteiger partial charge < -0.3 is 10.6 Å². The van der Waals surface area contributed by atoms with Crippen LogP contribution in [-0.4, -0.2) is 17.9 Å². The summed E-state index contributed by atoms with van der Waals surface area (Å²) in [5, 5.41) is 0. The highest BCUT2D eigenvalue weighted by Gasteiger charge is 2.32. The molecule has 0 aliphatic heterocycles. The molecule has 1 heterocycles. The molecule has 2 aromatic rings. The van der Waals surface area contributed by atoms with Crippen LogP contribution in [0.2, 0.25) is 0 Å². The molecule has 0 bridgehead atoms. The summed E-state index contributed by atoms with van der Waals surface area (Å²) >= 11 is 0. The highest BCUT2D eigenvalue weighted by atomic mass is 19.4. The molecular weight excluding hydrogens is 283 g/mol. The number of anilines is 2. The zero-order valence-corrected chi connectivity index (χ0v) is 11.1. The molecule has 1 aromatic heterocycles. The van der Waals surface area contributed by atoms with Crippen LogP contribution < -0.4 is 10.6 Å². The number of benzene rings is 1. The number of pyridine rings is 1. The van der Waals surface area contributed by atoms with Gasteiger partial charge in [-0.05, 0) is 30.3 Å². The van der Waals surface area contributed by atoms with Gasteiger partial charge in [-0.15, -0.1) is 0 Å². The van der Waals surface area contributed by atoms with E-state index in [0.29, 0.717) is 5.69 Å². The monoisotopic (exact) mass is 295 g/mol. The molecule has 7 heteroatoms. The first kappa shape index (κ1) is 14.8. The molecule has 0 unspecified atom stereocenters. The molecule has 1 amide bonds. The normalized spacial score (nSPS) is 11.2. The highest BCUT2D eigenvalue weighted by Crippen LogP contribution is 2.31. The number of amides is 1. The van der Waals surface area contributed by atoms with Crippen molar-refractivity contribution in [2.45, 2.75) is 6.18 Å². The zero-order valence-electron chi connectivity index (χ0n) is 11.1. The number of nitrogens with two attached hydrogens (primary N) is 1. The number of nitrogen functional groups attached to an aromatic ring is 1. The van der Waals surface area contributed by atoms with Crippen LogP contribution in [0.15, 0.2) is 42.7 Å². The predicted molar refractivity (Wildman–Crippen MR) is 72.8 cm³/mol. The first-order valence-corrected chi connectivity index (χ1v) is 5.95. The van der Waals surface area contributed by atoms with Gasteiger partial charge >= 0.3 is 6.18 Å². The third-order valence-corrected chi connectivity index (χ3v) is 2.95. The lowest BCUT2D eigenvalue weighted by Gasteiger charge is -2.18. The summed E-state index contributed by atoms with van der Waals surface area (Å²) in [7, 11) is 1.44. The first-order chi connectivity index (χ1) is 9.80. The summed E-state index contributed by atoms with van der Waals surface area (Å²) in [4.78, 5) is 17.3. The Morgan fingerprint density at radius 2 is 2.00 bits per heavy atom. The lowest BCUT2D eigenvalue weighted by Crippen LogP contribution is -2.27. The SMILES string of the molecule is CN(C(=O)c1cc(C(F)(F)F)ccc1N)c1cccnc1. The summed E-state index contributed by atoms with van der Waals surface area (Å²) in [5.74, 6) is -0.633. The lowest BCUT2D eigenvalue weighted by molar-refractivity contribution is -0.137. The van der Waals surface area contributed by atoms with Crippen molar-refractivity contribution in [1.82, 2.24) is 4.98 Å². The molecule has 1 aromatic carbocycles. The van der Waals surface area contributed by atoms with Gasteiger partial charge in [0.1, 0.15) is 0 Å². The van der Waals surface area contributed by atoms with E-state index in [0.717, 1.165) is 18.2 Å². The molecule has 0 spiro atoms. The molecule has 0 fully saturated rings. The van der Waals surface area contributed by atoms with Crippen LogP contribution in [-0.2, 0) is 6.18 Å². The van der Waals surface area contributed by atoms with Gasteiger partial charge in [-0.3, -0.25) is 9.78 Å². The second-order valence-electron chi connectivity index (χ2n) is 4.38. The zero-order chi connectivity index (χ0) is 15.6. The van der Waals surface area contributed by atoms with Crippen molar-refractivity contribution in [1.29, 1.82) is 0 Å². The van der Waals surface area contributed by atoms with E-state index in [1.165, 1.54) is 24.3 Å². The van der Waals surface area contributed by atoms with E-state index in [4.69, 9.17) is 5.73 Å². The number of aromatic nitrogens is 1. The maximum atomic E-state index is 12.7. The lowest BCUT2D eigenvalue weighted by atomic mass is 10.1. The summed E-state index contributed by atoms with van der Waals surface area (Å²) < 4.78 is 38.1. The Balaban J connectivity index is 2.39. The van der Waals surface area contributed by atoms with E-state index in [9.17, 15) is 18.0 Å². The number of carbonyl (C=O) groups excluding carboxylic acids is 1. The molecule has 0 atom stereocenters. The predicted octanol–water partition coefficient (Wildman–Crippen LogP) is 2.96. The molecule has 2 rings (SSSR count). The smallest absolute Gasteiger partial charge is 0.398 e. The maximum Gasteiger partial charge on any atom is 0.416 e. The van der Waals surface area contributed by atoms with Crippen LogP contribution in [0.4, 0.5) is 24.5 Å². The highest BCUT2D eigenvalue weighted by molar-refractivity contribution is 6.09. The van der Waals surface area contributed by atoms with Crippen LogP contribution in [0, 0.1) is 0 Å². The Morgan fingerprint density at radius 1 is 1.29 bits per heavy atom. The first-order valence-electron chi connectivity index (χ1n) is 5.95. The van der Waals surface area contributed by atoms with E-state index < -0.39 is 17.6 Å². The van der Waals surface area contributed by atoms with Crippen LogP contribution >= 0.6 is 0 Å². The quantitative estimate of drug-likeness (QED) is 0.867.